The van der Waals surface area contributed by atoms with Gasteiger partial charge in [-0.25, -0.2) is 0 Å². The van der Waals surface area contributed by atoms with E-state index in [-0.39, 0.29) is 0 Å². The summed E-state index contributed by atoms with van der Waals surface area (Å²) in [5.74, 6) is 0. The lowest BCUT2D eigenvalue weighted by Gasteiger charge is -2.01. The molecule has 0 saturated heterocycles. The molecule has 0 amide bonds. The van der Waals surface area contributed by atoms with Crippen molar-refractivity contribution in [3.8, 4) is 0 Å². The standard InChI is InChI=1S/C4H7Cl2N/c1-4(5,6)3-7-2/h3H,1-2H3. The summed E-state index contributed by atoms with van der Waals surface area (Å²) in [6, 6.07) is 0. The normalized spacial score (nSPS) is 13.1. The quantitative estimate of drug-likeness (QED) is 0.389. The molecule has 0 heterocycles. The number of aliphatic imine (C=N–C) groups is 1. The molecule has 3 heteroatoms. The molecule has 0 atom stereocenters. The van der Waals surface area contributed by atoms with Crippen LogP contribution in [0.1, 0.15) is 6.92 Å². The van der Waals surface area contributed by atoms with Crippen molar-refractivity contribution in [3.05, 3.63) is 0 Å². The predicted octanol–water partition coefficient (Wildman–Crippen LogP) is 1.88. The van der Waals surface area contributed by atoms with Gasteiger partial charge in [-0.2, -0.15) is 0 Å². The first kappa shape index (κ1) is 7.25. The third-order valence-corrected chi connectivity index (χ3v) is 0.551. The molecular weight excluding hydrogens is 133 g/mol. The van der Waals surface area contributed by atoms with Gasteiger partial charge in [-0.05, 0) is 6.92 Å². The van der Waals surface area contributed by atoms with Gasteiger partial charge in [-0.15, -0.1) is 0 Å². The van der Waals surface area contributed by atoms with E-state index in [9.17, 15) is 0 Å². The van der Waals surface area contributed by atoms with Crippen molar-refractivity contribution in [1.82, 2.24) is 0 Å². The summed E-state index contributed by atoms with van der Waals surface area (Å²) < 4.78 is -0.797. The average molecular weight is 140 g/mol. The summed E-state index contributed by atoms with van der Waals surface area (Å²) in [4.78, 5) is 3.62. The van der Waals surface area contributed by atoms with Crippen LogP contribution in [0.3, 0.4) is 0 Å². The molecule has 0 aliphatic carbocycles. The Morgan fingerprint density at radius 3 is 2.00 bits per heavy atom. The first-order valence-electron chi connectivity index (χ1n) is 1.87. The Morgan fingerprint density at radius 1 is 1.57 bits per heavy atom. The van der Waals surface area contributed by atoms with Crippen LogP contribution in [-0.2, 0) is 0 Å². The van der Waals surface area contributed by atoms with Crippen LogP contribution >= 0.6 is 23.2 Å². The van der Waals surface area contributed by atoms with Crippen molar-refractivity contribution in [2.24, 2.45) is 4.99 Å². The number of halogens is 2. The molecule has 0 saturated carbocycles. The van der Waals surface area contributed by atoms with Gasteiger partial charge < -0.3 is 0 Å². The van der Waals surface area contributed by atoms with Gasteiger partial charge in [0.25, 0.3) is 0 Å². The molecule has 0 aromatic carbocycles. The van der Waals surface area contributed by atoms with Crippen LogP contribution in [-0.4, -0.2) is 17.6 Å². The van der Waals surface area contributed by atoms with E-state index in [0.29, 0.717) is 0 Å². The first-order valence-corrected chi connectivity index (χ1v) is 2.63. The SMILES string of the molecule is CN=CC(C)(Cl)Cl. The molecule has 0 unspecified atom stereocenters. The Morgan fingerprint density at radius 2 is 2.00 bits per heavy atom. The minimum atomic E-state index is -0.797. The van der Waals surface area contributed by atoms with Crippen LogP contribution < -0.4 is 0 Å². The van der Waals surface area contributed by atoms with Crippen molar-refractivity contribution >= 4 is 29.4 Å². The second kappa shape index (κ2) is 2.53. The highest BCUT2D eigenvalue weighted by Crippen LogP contribution is 2.15. The number of hydrogen-bond acceptors (Lipinski definition) is 1. The van der Waals surface area contributed by atoms with Gasteiger partial charge in [0.15, 0.2) is 0 Å². The maximum absolute atomic E-state index is 5.45. The minimum Gasteiger partial charge on any atom is -0.298 e. The van der Waals surface area contributed by atoms with E-state index >= 15 is 0 Å². The fourth-order valence-corrected chi connectivity index (χ4v) is 0.422. The van der Waals surface area contributed by atoms with E-state index in [1.54, 1.807) is 14.0 Å². The molecule has 0 aliphatic rings. The van der Waals surface area contributed by atoms with Crippen LogP contribution in [0.15, 0.2) is 4.99 Å². The maximum atomic E-state index is 5.45. The lowest BCUT2D eigenvalue weighted by atomic mass is 10.5. The molecule has 0 aromatic heterocycles. The summed E-state index contributed by atoms with van der Waals surface area (Å²) in [5.41, 5.74) is 0. The lowest BCUT2D eigenvalue weighted by Crippen LogP contribution is -2.06. The Bertz CT molecular complexity index is 72.2. The Labute approximate surface area is 53.3 Å². The van der Waals surface area contributed by atoms with Gasteiger partial charge in [0, 0.05) is 13.3 Å². The van der Waals surface area contributed by atoms with E-state index in [1.165, 1.54) is 6.21 Å². The summed E-state index contributed by atoms with van der Waals surface area (Å²) in [6.07, 6.45) is 1.47. The Balaban J connectivity index is 3.56. The van der Waals surface area contributed by atoms with Crippen molar-refractivity contribution in [3.63, 3.8) is 0 Å². The van der Waals surface area contributed by atoms with Gasteiger partial charge in [-0.1, -0.05) is 23.2 Å². The average Bonchev–Trinajstić information content (AvgIpc) is 1.30. The van der Waals surface area contributed by atoms with Crippen molar-refractivity contribution < 1.29 is 0 Å². The van der Waals surface area contributed by atoms with E-state index in [2.05, 4.69) is 4.99 Å². The molecule has 0 fully saturated rings. The lowest BCUT2D eigenvalue weighted by molar-refractivity contribution is 1.20. The van der Waals surface area contributed by atoms with Crippen LogP contribution in [0, 0.1) is 0 Å². The van der Waals surface area contributed by atoms with E-state index in [4.69, 9.17) is 23.2 Å². The molecule has 0 aliphatic heterocycles. The zero-order valence-electron chi connectivity index (χ0n) is 4.28. The van der Waals surface area contributed by atoms with Gasteiger partial charge >= 0.3 is 0 Å². The smallest absolute Gasteiger partial charge is 0.149 e. The molecule has 0 aromatic rings. The summed E-state index contributed by atoms with van der Waals surface area (Å²) in [6.45, 7) is 1.66. The van der Waals surface area contributed by atoms with Gasteiger partial charge in [0.05, 0.1) is 0 Å². The predicted molar refractivity (Wildman–Crippen MR) is 34.5 cm³/mol. The van der Waals surface area contributed by atoms with E-state index in [1.807, 2.05) is 0 Å². The molecule has 0 N–H and O–H groups in total. The summed E-state index contributed by atoms with van der Waals surface area (Å²) in [5, 5.41) is 0. The van der Waals surface area contributed by atoms with E-state index < -0.39 is 4.33 Å². The van der Waals surface area contributed by atoms with Crippen LogP contribution in [0.5, 0.6) is 0 Å². The summed E-state index contributed by atoms with van der Waals surface area (Å²) >= 11 is 10.9. The van der Waals surface area contributed by atoms with E-state index in [0.717, 1.165) is 0 Å². The minimum absolute atomic E-state index is 0.797. The topological polar surface area (TPSA) is 12.4 Å². The fourth-order valence-electron chi connectivity index (χ4n) is 0.227. The molecule has 0 radical (unpaired) electrons. The fraction of sp³-hybridized carbons (Fsp3) is 0.750. The molecule has 1 nitrogen and oxygen atoms in total. The number of rotatable bonds is 1. The molecule has 0 spiro atoms. The van der Waals surface area contributed by atoms with Crippen LogP contribution in [0.2, 0.25) is 0 Å². The molecule has 42 valence electrons. The largest absolute Gasteiger partial charge is 0.298 e. The summed E-state index contributed by atoms with van der Waals surface area (Å²) in [7, 11) is 1.63. The van der Waals surface area contributed by atoms with Crippen molar-refractivity contribution in [1.29, 1.82) is 0 Å². The highest BCUT2D eigenvalue weighted by molar-refractivity contribution is 6.55. The Hall–Kier alpha value is 0.250. The number of alkyl halides is 2. The molecule has 7 heavy (non-hydrogen) atoms. The zero-order chi connectivity index (χ0) is 5.91. The second-order valence-electron chi connectivity index (χ2n) is 1.34. The molecule has 0 rings (SSSR count). The Kier molecular flexibility index (Phi) is 2.62. The number of nitrogens with zero attached hydrogens (tertiary/aromatic N) is 1. The van der Waals surface area contributed by atoms with Crippen LogP contribution in [0.25, 0.3) is 0 Å². The van der Waals surface area contributed by atoms with Crippen LogP contribution in [0.4, 0.5) is 0 Å². The monoisotopic (exact) mass is 139 g/mol. The third-order valence-electron chi connectivity index (χ3n) is 0.356. The second-order valence-corrected chi connectivity index (χ2v) is 3.11. The zero-order valence-corrected chi connectivity index (χ0v) is 5.79. The van der Waals surface area contributed by atoms with Crippen molar-refractivity contribution in [2.45, 2.75) is 11.3 Å². The van der Waals surface area contributed by atoms with Gasteiger partial charge in [-0.3, -0.25) is 4.99 Å². The first-order chi connectivity index (χ1) is 3.06. The van der Waals surface area contributed by atoms with Gasteiger partial charge in [0.1, 0.15) is 4.33 Å². The highest BCUT2D eigenvalue weighted by Gasteiger charge is 2.09. The maximum Gasteiger partial charge on any atom is 0.149 e. The molecule has 0 bridgehead atoms. The molecular formula is C4H7Cl2N. The van der Waals surface area contributed by atoms with Gasteiger partial charge in [0.2, 0.25) is 0 Å². The number of hydrogen-bond donors (Lipinski definition) is 0. The van der Waals surface area contributed by atoms with Crippen molar-refractivity contribution in [2.75, 3.05) is 7.05 Å². The highest BCUT2D eigenvalue weighted by atomic mass is 35.5. The third kappa shape index (κ3) is 6.25.